The zero-order valence-electron chi connectivity index (χ0n) is 10.2. The lowest BCUT2D eigenvalue weighted by Crippen LogP contribution is -2.16. The smallest absolute Gasteiger partial charge is 0.0300 e. The standard InChI is InChI=1S/C15H18N2/c1-13-4-2-5-15(10-13)12-17-9-7-14-6-3-8-16-11-14/h2-6,8,10-11,17H,7,9,12H2,1H3. The van der Waals surface area contributed by atoms with Gasteiger partial charge in [-0.15, -0.1) is 0 Å². The van der Waals surface area contributed by atoms with Gasteiger partial charge in [-0.2, -0.15) is 0 Å². The third-order valence-electron chi connectivity index (χ3n) is 2.72. The molecule has 0 aliphatic carbocycles. The van der Waals surface area contributed by atoms with Crippen LogP contribution < -0.4 is 5.32 Å². The molecular weight excluding hydrogens is 208 g/mol. The summed E-state index contributed by atoms with van der Waals surface area (Å²) < 4.78 is 0. The maximum absolute atomic E-state index is 4.11. The largest absolute Gasteiger partial charge is 0.312 e. The van der Waals surface area contributed by atoms with Crippen molar-refractivity contribution in [2.24, 2.45) is 0 Å². The summed E-state index contributed by atoms with van der Waals surface area (Å²) in [6.45, 7) is 4.04. The summed E-state index contributed by atoms with van der Waals surface area (Å²) in [5.74, 6) is 0. The van der Waals surface area contributed by atoms with E-state index >= 15 is 0 Å². The van der Waals surface area contributed by atoms with Crippen LogP contribution in [0.1, 0.15) is 16.7 Å². The monoisotopic (exact) mass is 226 g/mol. The average Bonchev–Trinajstić information content (AvgIpc) is 2.36. The first-order valence-corrected chi connectivity index (χ1v) is 6.00. The van der Waals surface area contributed by atoms with Gasteiger partial charge in [-0.05, 0) is 37.1 Å². The van der Waals surface area contributed by atoms with E-state index < -0.39 is 0 Å². The van der Waals surface area contributed by atoms with E-state index in [2.05, 4.69) is 47.6 Å². The molecule has 0 fully saturated rings. The molecule has 88 valence electrons. The quantitative estimate of drug-likeness (QED) is 0.793. The molecule has 2 nitrogen and oxygen atoms in total. The van der Waals surface area contributed by atoms with Crippen molar-refractivity contribution in [3.8, 4) is 0 Å². The van der Waals surface area contributed by atoms with Crippen molar-refractivity contribution in [2.45, 2.75) is 19.9 Å². The van der Waals surface area contributed by atoms with Gasteiger partial charge in [0.05, 0.1) is 0 Å². The first kappa shape index (κ1) is 11.8. The van der Waals surface area contributed by atoms with Gasteiger partial charge in [0.2, 0.25) is 0 Å². The second kappa shape index (κ2) is 6.16. The molecule has 1 heterocycles. The molecule has 0 saturated heterocycles. The van der Waals surface area contributed by atoms with Gasteiger partial charge in [-0.1, -0.05) is 35.9 Å². The highest BCUT2D eigenvalue weighted by molar-refractivity contribution is 5.22. The van der Waals surface area contributed by atoms with Crippen molar-refractivity contribution < 1.29 is 0 Å². The van der Waals surface area contributed by atoms with Gasteiger partial charge in [0.1, 0.15) is 0 Å². The SMILES string of the molecule is Cc1cccc(CNCCc2cccnc2)c1. The minimum atomic E-state index is 0.932. The maximum Gasteiger partial charge on any atom is 0.0300 e. The van der Waals surface area contributed by atoms with E-state index in [0.717, 1.165) is 19.5 Å². The molecule has 0 spiro atoms. The van der Waals surface area contributed by atoms with Crippen LogP contribution in [-0.2, 0) is 13.0 Å². The summed E-state index contributed by atoms with van der Waals surface area (Å²) in [6.07, 6.45) is 4.76. The summed E-state index contributed by atoms with van der Waals surface area (Å²) in [5, 5.41) is 3.45. The third-order valence-corrected chi connectivity index (χ3v) is 2.72. The van der Waals surface area contributed by atoms with Crippen LogP contribution in [-0.4, -0.2) is 11.5 Å². The Morgan fingerprint density at radius 3 is 2.76 bits per heavy atom. The van der Waals surface area contributed by atoms with Crippen LogP contribution in [0.25, 0.3) is 0 Å². The zero-order chi connectivity index (χ0) is 11.9. The highest BCUT2D eigenvalue weighted by Crippen LogP contribution is 2.03. The van der Waals surface area contributed by atoms with Gasteiger partial charge in [0.15, 0.2) is 0 Å². The molecule has 1 aromatic carbocycles. The lowest BCUT2D eigenvalue weighted by Gasteiger charge is -2.05. The summed E-state index contributed by atoms with van der Waals surface area (Å²) in [5.41, 5.74) is 3.94. The number of nitrogens with zero attached hydrogens (tertiary/aromatic N) is 1. The van der Waals surface area contributed by atoms with E-state index in [1.54, 1.807) is 0 Å². The van der Waals surface area contributed by atoms with E-state index in [4.69, 9.17) is 0 Å². The Balaban J connectivity index is 1.73. The fourth-order valence-corrected chi connectivity index (χ4v) is 1.83. The van der Waals surface area contributed by atoms with E-state index in [-0.39, 0.29) is 0 Å². The number of aryl methyl sites for hydroxylation is 1. The molecule has 17 heavy (non-hydrogen) atoms. The fourth-order valence-electron chi connectivity index (χ4n) is 1.83. The lowest BCUT2D eigenvalue weighted by molar-refractivity contribution is 0.685. The first-order valence-electron chi connectivity index (χ1n) is 6.00. The van der Waals surface area contributed by atoms with Crippen LogP contribution in [0.3, 0.4) is 0 Å². The highest BCUT2D eigenvalue weighted by Gasteiger charge is 1.94. The Morgan fingerprint density at radius 1 is 1.12 bits per heavy atom. The van der Waals surface area contributed by atoms with Crippen LogP contribution >= 0.6 is 0 Å². The van der Waals surface area contributed by atoms with E-state index in [1.165, 1.54) is 16.7 Å². The number of rotatable bonds is 5. The molecule has 0 radical (unpaired) electrons. The van der Waals surface area contributed by atoms with Crippen molar-refractivity contribution in [1.29, 1.82) is 0 Å². The molecule has 2 rings (SSSR count). The predicted octanol–water partition coefficient (Wildman–Crippen LogP) is 2.72. The maximum atomic E-state index is 4.11. The molecule has 0 atom stereocenters. The molecule has 1 N–H and O–H groups in total. The average molecular weight is 226 g/mol. The molecule has 0 amide bonds. The number of hydrogen-bond donors (Lipinski definition) is 1. The highest BCUT2D eigenvalue weighted by atomic mass is 14.8. The Kier molecular flexibility index (Phi) is 4.28. The molecule has 2 heteroatoms. The van der Waals surface area contributed by atoms with E-state index in [1.807, 2.05) is 18.5 Å². The third kappa shape index (κ3) is 4.00. The number of benzene rings is 1. The van der Waals surface area contributed by atoms with Gasteiger partial charge < -0.3 is 5.32 Å². The summed E-state index contributed by atoms with van der Waals surface area (Å²) >= 11 is 0. The topological polar surface area (TPSA) is 24.9 Å². The van der Waals surface area contributed by atoms with Crippen molar-refractivity contribution >= 4 is 0 Å². The molecule has 0 unspecified atom stereocenters. The van der Waals surface area contributed by atoms with Crippen molar-refractivity contribution in [2.75, 3.05) is 6.54 Å². The summed E-state index contributed by atoms with van der Waals surface area (Å²) in [7, 11) is 0. The van der Waals surface area contributed by atoms with E-state index in [0.29, 0.717) is 0 Å². The summed E-state index contributed by atoms with van der Waals surface area (Å²) in [6, 6.07) is 12.7. The van der Waals surface area contributed by atoms with Crippen molar-refractivity contribution in [1.82, 2.24) is 10.3 Å². The normalized spacial score (nSPS) is 10.4. The number of pyridine rings is 1. The Hall–Kier alpha value is -1.67. The van der Waals surface area contributed by atoms with Crippen molar-refractivity contribution in [3.63, 3.8) is 0 Å². The Labute approximate surface area is 103 Å². The lowest BCUT2D eigenvalue weighted by atomic mass is 10.1. The predicted molar refractivity (Wildman–Crippen MR) is 70.8 cm³/mol. The van der Waals surface area contributed by atoms with Crippen LogP contribution in [0, 0.1) is 6.92 Å². The van der Waals surface area contributed by atoms with Crippen molar-refractivity contribution in [3.05, 3.63) is 65.5 Å². The van der Waals surface area contributed by atoms with Crippen LogP contribution in [0.5, 0.6) is 0 Å². The molecule has 0 bridgehead atoms. The molecule has 0 aliphatic heterocycles. The number of hydrogen-bond acceptors (Lipinski definition) is 2. The fraction of sp³-hybridized carbons (Fsp3) is 0.267. The molecule has 1 aromatic heterocycles. The Bertz CT molecular complexity index is 451. The molecule has 2 aromatic rings. The van der Waals surface area contributed by atoms with Gasteiger partial charge >= 0.3 is 0 Å². The second-order valence-electron chi connectivity index (χ2n) is 4.28. The van der Waals surface area contributed by atoms with Gasteiger partial charge in [0.25, 0.3) is 0 Å². The zero-order valence-corrected chi connectivity index (χ0v) is 10.2. The van der Waals surface area contributed by atoms with E-state index in [9.17, 15) is 0 Å². The van der Waals surface area contributed by atoms with Gasteiger partial charge in [-0.3, -0.25) is 4.98 Å². The molecular formula is C15H18N2. The van der Waals surface area contributed by atoms with Gasteiger partial charge in [0, 0.05) is 18.9 Å². The summed E-state index contributed by atoms with van der Waals surface area (Å²) in [4.78, 5) is 4.11. The second-order valence-corrected chi connectivity index (χ2v) is 4.28. The van der Waals surface area contributed by atoms with Crippen LogP contribution in [0.4, 0.5) is 0 Å². The molecule has 0 aliphatic rings. The number of nitrogens with one attached hydrogen (secondary N) is 1. The van der Waals surface area contributed by atoms with Crippen LogP contribution in [0.15, 0.2) is 48.8 Å². The Morgan fingerprint density at radius 2 is 2.00 bits per heavy atom. The van der Waals surface area contributed by atoms with Gasteiger partial charge in [-0.25, -0.2) is 0 Å². The van der Waals surface area contributed by atoms with Crippen LogP contribution in [0.2, 0.25) is 0 Å². The number of aromatic nitrogens is 1. The molecule has 0 saturated carbocycles. The minimum absolute atomic E-state index is 0.932. The first-order chi connectivity index (χ1) is 8.34. The minimum Gasteiger partial charge on any atom is -0.312 e.